The van der Waals surface area contributed by atoms with Crippen molar-refractivity contribution in [2.45, 2.75) is 64.0 Å². The highest BCUT2D eigenvalue weighted by atomic mass is 16.3. The van der Waals surface area contributed by atoms with Crippen LogP contribution >= 0.6 is 0 Å². The summed E-state index contributed by atoms with van der Waals surface area (Å²) in [6.45, 7) is 4.47. The van der Waals surface area contributed by atoms with Gasteiger partial charge >= 0.3 is 0 Å². The molecule has 0 aromatic carbocycles. The minimum Gasteiger partial charge on any atom is -0.392 e. The zero-order valence-corrected chi connectivity index (χ0v) is 9.99. The highest BCUT2D eigenvalue weighted by molar-refractivity contribution is 4.83. The van der Waals surface area contributed by atoms with Crippen molar-refractivity contribution in [2.75, 3.05) is 13.1 Å². The smallest absolute Gasteiger partial charge is 0.0667 e. The van der Waals surface area contributed by atoms with Crippen LogP contribution in [0.3, 0.4) is 0 Å². The first kappa shape index (κ1) is 11.4. The van der Waals surface area contributed by atoms with Gasteiger partial charge in [-0.25, -0.2) is 0 Å². The second kappa shape index (κ2) is 5.31. The molecular weight excluding hydrogens is 186 g/mol. The van der Waals surface area contributed by atoms with Crippen molar-refractivity contribution in [2.24, 2.45) is 5.92 Å². The largest absolute Gasteiger partial charge is 0.392 e. The fraction of sp³-hybridized carbons (Fsp3) is 1.00. The highest BCUT2D eigenvalue weighted by Gasteiger charge is 2.28. The van der Waals surface area contributed by atoms with Gasteiger partial charge in [0.15, 0.2) is 0 Å². The van der Waals surface area contributed by atoms with Crippen LogP contribution in [0.15, 0.2) is 0 Å². The molecule has 2 heteroatoms. The van der Waals surface area contributed by atoms with Crippen LogP contribution in [0.5, 0.6) is 0 Å². The molecule has 15 heavy (non-hydrogen) atoms. The molecule has 1 saturated heterocycles. The van der Waals surface area contributed by atoms with Gasteiger partial charge in [0.05, 0.1) is 6.10 Å². The summed E-state index contributed by atoms with van der Waals surface area (Å²) < 4.78 is 0. The van der Waals surface area contributed by atoms with Crippen molar-refractivity contribution in [3.8, 4) is 0 Å². The van der Waals surface area contributed by atoms with E-state index < -0.39 is 0 Å². The fourth-order valence-electron chi connectivity index (χ4n) is 3.23. The van der Waals surface area contributed by atoms with Crippen molar-refractivity contribution in [3.63, 3.8) is 0 Å². The van der Waals surface area contributed by atoms with Crippen molar-refractivity contribution >= 4 is 0 Å². The van der Waals surface area contributed by atoms with Gasteiger partial charge in [0.25, 0.3) is 0 Å². The SMILES string of the molecule is CCC1CCC(N2CCC[C@H](O)C2)CC1. The number of aliphatic hydroxyl groups is 1. The van der Waals surface area contributed by atoms with E-state index in [4.69, 9.17) is 0 Å². The third-order valence-electron chi connectivity index (χ3n) is 4.34. The summed E-state index contributed by atoms with van der Waals surface area (Å²) in [6, 6.07) is 0.780. The van der Waals surface area contributed by atoms with E-state index in [1.165, 1.54) is 45.1 Å². The van der Waals surface area contributed by atoms with Crippen LogP contribution in [-0.4, -0.2) is 35.2 Å². The van der Waals surface area contributed by atoms with Gasteiger partial charge in [-0.1, -0.05) is 13.3 Å². The molecule has 0 unspecified atom stereocenters. The molecule has 2 nitrogen and oxygen atoms in total. The predicted molar refractivity (Wildman–Crippen MR) is 62.9 cm³/mol. The van der Waals surface area contributed by atoms with Crippen LogP contribution in [0.1, 0.15) is 51.9 Å². The molecule has 2 aliphatic rings. The predicted octanol–water partition coefficient (Wildman–Crippen LogP) is 2.41. The molecule has 1 saturated carbocycles. The Labute approximate surface area is 93.7 Å². The Bertz CT molecular complexity index is 187. The summed E-state index contributed by atoms with van der Waals surface area (Å²) in [7, 11) is 0. The molecule has 88 valence electrons. The minimum atomic E-state index is -0.0531. The topological polar surface area (TPSA) is 23.5 Å². The van der Waals surface area contributed by atoms with Crippen molar-refractivity contribution in [3.05, 3.63) is 0 Å². The maximum atomic E-state index is 9.67. The zero-order valence-electron chi connectivity index (χ0n) is 9.99. The number of hydrogen-bond donors (Lipinski definition) is 1. The summed E-state index contributed by atoms with van der Waals surface area (Å²) in [6.07, 6.45) is 9.06. The standard InChI is InChI=1S/C13H25NO/c1-2-11-5-7-12(8-6-11)14-9-3-4-13(15)10-14/h11-13,15H,2-10H2,1H3/t11?,12?,13-/m0/s1. The van der Waals surface area contributed by atoms with Crippen LogP contribution in [0, 0.1) is 5.92 Å². The van der Waals surface area contributed by atoms with Crippen molar-refractivity contribution in [1.29, 1.82) is 0 Å². The average Bonchev–Trinajstić information content (AvgIpc) is 2.29. The van der Waals surface area contributed by atoms with Crippen molar-refractivity contribution in [1.82, 2.24) is 4.90 Å². The number of aliphatic hydroxyl groups excluding tert-OH is 1. The molecule has 0 spiro atoms. The third-order valence-corrected chi connectivity index (χ3v) is 4.34. The lowest BCUT2D eigenvalue weighted by atomic mass is 9.83. The molecule has 0 radical (unpaired) electrons. The molecule has 1 heterocycles. The van der Waals surface area contributed by atoms with Gasteiger partial charge in [0.1, 0.15) is 0 Å². The summed E-state index contributed by atoms with van der Waals surface area (Å²) >= 11 is 0. The van der Waals surface area contributed by atoms with Gasteiger partial charge in [0, 0.05) is 12.6 Å². The Hall–Kier alpha value is -0.0800. The van der Waals surface area contributed by atoms with E-state index in [2.05, 4.69) is 11.8 Å². The van der Waals surface area contributed by atoms with Crippen molar-refractivity contribution < 1.29 is 5.11 Å². The van der Waals surface area contributed by atoms with Gasteiger partial charge < -0.3 is 5.11 Å². The van der Waals surface area contributed by atoms with Gasteiger partial charge in [-0.3, -0.25) is 4.90 Å². The number of nitrogens with zero attached hydrogens (tertiary/aromatic N) is 1. The highest BCUT2D eigenvalue weighted by Crippen LogP contribution is 2.30. The molecular formula is C13H25NO. The summed E-state index contributed by atoms with van der Waals surface area (Å²) in [5.41, 5.74) is 0. The second-order valence-electron chi connectivity index (χ2n) is 5.37. The number of hydrogen-bond acceptors (Lipinski definition) is 2. The molecule has 2 rings (SSSR count). The number of piperidine rings is 1. The first-order valence-corrected chi connectivity index (χ1v) is 6.71. The first-order valence-electron chi connectivity index (χ1n) is 6.71. The molecule has 0 aromatic heterocycles. The van der Waals surface area contributed by atoms with E-state index >= 15 is 0 Å². The van der Waals surface area contributed by atoms with Crippen LogP contribution in [-0.2, 0) is 0 Å². The molecule has 1 N–H and O–H groups in total. The summed E-state index contributed by atoms with van der Waals surface area (Å²) in [4.78, 5) is 2.54. The van der Waals surface area contributed by atoms with E-state index in [9.17, 15) is 5.11 Å². The molecule has 0 aromatic rings. The van der Waals surface area contributed by atoms with Gasteiger partial charge in [-0.2, -0.15) is 0 Å². The molecule has 1 aliphatic heterocycles. The third kappa shape index (κ3) is 2.94. The Morgan fingerprint density at radius 3 is 2.47 bits per heavy atom. The van der Waals surface area contributed by atoms with E-state index in [0.29, 0.717) is 0 Å². The Morgan fingerprint density at radius 2 is 1.87 bits per heavy atom. The van der Waals surface area contributed by atoms with Crippen LogP contribution < -0.4 is 0 Å². The normalized spacial score (nSPS) is 39.2. The van der Waals surface area contributed by atoms with Crippen LogP contribution in [0.2, 0.25) is 0 Å². The van der Waals surface area contributed by atoms with E-state index in [-0.39, 0.29) is 6.10 Å². The van der Waals surface area contributed by atoms with E-state index in [0.717, 1.165) is 24.9 Å². The summed E-state index contributed by atoms with van der Waals surface area (Å²) in [5, 5.41) is 9.67. The zero-order chi connectivity index (χ0) is 10.7. The Balaban J connectivity index is 1.79. The minimum absolute atomic E-state index is 0.0531. The lowest BCUT2D eigenvalue weighted by Crippen LogP contribution is -2.46. The molecule has 1 atom stereocenters. The van der Waals surface area contributed by atoms with Crippen LogP contribution in [0.25, 0.3) is 0 Å². The number of likely N-dealkylation sites (tertiary alicyclic amines) is 1. The fourth-order valence-corrected chi connectivity index (χ4v) is 3.23. The lowest BCUT2D eigenvalue weighted by molar-refractivity contribution is 0.0311. The van der Waals surface area contributed by atoms with Gasteiger partial charge in [0.2, 0.25) is 0 Å². The Morgan fingerprint density at radius 1 is 1.13 bits per heavy atom. The lowest BCUT2D eigenvalue weighted by Gasteiger charge is -2.40. The first-order chi connectivity index (χ1) is 7.29. The monoisotopic (exact) mass is 211 g/mol. The average molecular weight is 211 g/mol. The van der Waals surface area contributed by atoms with E-state index in [1.54, 1.807) is 0 Å². The van der Waals surface area contributed by atoms with E-state index in [1.807, 2.05) is 0 Å². The molecule has 2 fully saturated rings. The molecule has 0 amide bonds. The quantitative estimate of drug-likeness (QED) is 0.758. The molecule has 0 bridgehead atoms. The maximum Gasteiger partial charge on any atom is 0.0667 e. The van der Waals surface area contributed by atoms with Crippen LogP contribution in [0.4, 0.5) is 0 Å². The Kier molecular flexibility index (Phi) is 4.04. The summed E-state index contributed by atoms with van der Waals surface area (Å²) in [5.74, 6) is 0.982. The number of β-amino-alcohol motifs (C(OH)–C–C–N with tert-alkyl or cyclic N) is 1. The second-order valence-corrected chi connectivity index (χ2v) is 5.37. The molecule has 1 aliphatic carbocycles. The van der Waals surface area contributed by atoms with Gasteiger partial charge in [-0.05, 0) is 51.0 Å². The number of rotatable bonds is 2. The van der Waals surface area contributed by atoms with Gasteiger partial charge in [-0.15, -0.1) is 0 Å². The maximum absolute atomic E-state index is 9.67.